The minimum atomic E-state index is -1.22. The Morgan fingerprint density at radius 2 is 0.519 bits per heavy atom. The summed E-state index contributed by atoms with van der Waals surface area (Å²) in [6.07, 6.45) is -1.22. The van der Waals surface area contributed by atoms with Crippen LogP contribution in [0.15, 0.2) is 121 Å². The summed E-state index contributed by atoms with van der Waals surface area (Å²) in [4.78, 5) is 0. The van der Waals surface area contributed by atoms with Crippen molar-refractivity contribution in [2.75, 3.05) is 0 Å². The van der Waals surface area contributed by atoms with Crippen LogP contribution in [0.1, 0.15) is 0 Å². The van der Waals surface area contributed by atoms with Crippen LogP contribution in [0.2, 0.25) is 0 Å². The number of benzene rings is 4. The zero-order valence-electron chi connectivity index (χ0n) is 15.2. The van der Waals surface area contributed by atoms with Crippen LogP contribution in [0, 0.1) is 0 Å². The molecular formula is C24H20BBrCa. The molecule has 128 valence electrons. The van der Waals surface area contributed by atoms with Crippen molar-refractivity contribution < 1.29 is 17.0 Å². The van der Waals surface area contributed by atoms with Crippen molar-refractivity contribution in [2.45, 2.75) is 0 Å². The van der Waals surface area contributed by atoms with E-state index in [9.17, 15) is 0 Å². The molecule has 0 spiro atoms. The van der Waals surface area contributed by atoms with E-state index < -0.39 is 6.15 Å². The molecule has 0 nitrogen and oxygen atoms in total. The van der Waals surface area contributed by atoms with Gasteiger partial charge in [0.2, 0.25) is 0 Å². The summed E-state index contributed by atoms with van der Waals surface area (Å²) >= 11 is 0. The Labute approximate surface area is 202 Å². The Morgan fingerprint density at radius 1 is 0.333 bits per heavy atom. The Morgan fingerprint density at radius 3 is 0.704 bits per heavy atom. The smallest absolute Gasteiger partial charge is 1.00 e. The van der Waals surface area contributed by atoms with E-state index in [0.717, 1.165) is 0 Å². The summed E-state index contributed by atoms with van der Waals surface area (Å²) in [5.41, 5.74) is 5.36. The molecule has 4 rings (SSSR count). The van der Waals surface area contributed by atoms with Crippen molar-refractivity contribution in [3.63, 3.8) is 0 Å². The van der Waals surface area contributed by atoms with Gasteiger partial charge in [-0.2, -0.15) is 21.9 Å². The van der Waals surface area contributed by atoms with Crippen molar-refractivity contribution in [1.82, 2.24) is 0 Å². The molecule has 0 aliphatic heterocycles. The van der Waals surface area contributed by atoms with Gasteiger partial charge in [-0.15, -0.1) is 0 Å². The Bertz CT molecular complexity index is 765. The molecule has 4 aromatic carbocycles. The van der Waals surface area contributed by atoms with Gasteiger partial charge in [-0.05, 0) is 0 Å². The van der Waals surface area contributed by atoms with E-state index in [0.29, 0.717) is 0 Å². The average molecular weight is 439 g/mol. The van der Waals surface area contributed by atoms with E-state index in [1.165, 1.54) is 21.9 Å². The van der Waals surface area contributed by atoms with E-state index in [4.69, 9.17) is 0 Å². The van der Waals surface area contributed by atoms with Crippen molar-refractivity contribution in [2.24, 2.45) is 0 Å². The van der Waals surface area contributed by atoms with Crippen LogP contribution in [-0.2, 0) is 0 Å². The van der Waals surface area contributed by atoms with Crippen molar-refractivity contribution in [1.29, 1.82) is 0 Å². The number of halogens is 1. The van der Waals surface area contributed by atoms with Crippen LogP contribution < -0.4 is 38.8 Å². The fourth-order valence-corrected chi connectivity index (χ4v) is 4.12. The van der Waals surface area contributed by atoms with Crippen LogP contribution in [0.5, 0.6) is 0 Å². The van der Waals surface area contributed by atoms with E-state index in [-0.39, 0.29) is 54.7 Å². The van der Waals surface area contributed by atoms with Gasteiger partial charge in [0.1, 0.15) is 6.15 Å². The van der Waals surface area contributed by atoms with E-state index in [2.05, 4.69) is 121 Å². The summed E-state index contributed by atoms with van der Waals surface area (Å²) in [7, 11) is 0. The maximum atomic E-state index is 2.26. The van der Waals surface area contributed by atoms with Crippen molar-refractivity contribution >= 4 is 65.7 Å². The van der Waals surface area contributed by atoms with Crippen LogP contribution in [0.3, 0.4) is 0 Å². The average Bonchev–Trinajstić information content (AvgIpc) is 2.72. The molecule has 0 amide bonds. The molecule has 4 aromatic rings. The van der Waals surface area contributed by atoms with Gasteiger partial charge in [-0.1, -0.05) is 121 Å². The molecule has 0 radical (unpaired) electrons. The molecule has 0 heterocycles. The topological polar surface area (TPSA) is 0 Å². The Balaban J connectivity index is 0.00000131. The maximum absolute atomic E-state index is 2.26. The quantitative estimate of drug-likeness (QED) is 0.383. The summed E-state index contributed by atoms with van der Waals surface area (Å²) in [5, 5.41) is 0. The standard InChI is InChI=1S/C24H20B.BrH.Ca/c1-5-13-21(14-6-1)25(22-15-7-2-8-16-22,23-17-9-3-10-18-23)24-19-11-4-12-20-24;;/h1-20H;1H;/q-1;;+2/p-1. The molecular weight excluding hydrogens is 419 g/mol. The monoisotopic (exact) mass is 438 g/mol. The summed E-state index contributed by atoms with van der Waals surface area (Å²) < 4.78 is 0. The fraction of sp³-hybridized carbons (Fsp3) is 0. The van der Waals surface area contributed by atoms with Gasteiger partial charge in [0, 0.05) is 0 Å². The van der Waals surface area contributed by atoms with Gasteiger partial charge in [-0.3, -0.25) is 0 Å². The first-order valence-corrected chi connectivity index (χ1v) is 8.80. The predicted molar refractivity (Wildman–Crippen MR) is 116 cm³/mol. The summed E-state index contributed by atoms with van der Waals surface area (Å²) in [5.74, 6) is 0. The predicted octanol–water partition coefficient (Wildman–Crippen LogP) is -0.313. The summed E-state index contributed by atoms with van der Waals surface area (Å²) in [6, 6.07) is 43.5. The Kier molecular flexibility index (Phi) is 8.38. The molecule has 0 atom stereocenters. The first-order chi connectivity index (χ1) is 12.4. The molecule has 3 heteroatoms. The van der Waals surface area contributed by atoms with Gasteiger partial charge in [0.25, 0.3) is 0 Å². The molecule has 0 aromatic heterocycles. The van der Waals surface area contributed by atoms with Crippen LogP contribution >= 0.6 is 0 Å². The zero-order chi connectivity index (χ0) is 17.0. The van der Waals surface area contributed by atoms with E-state index in [1.54, 1.807) is 0 Å². The Hall–Kier alpha value is -1.32. The van der Waals surface area contributed by atoms with Gasteiger partial charge in [0.05, 0.1) is 0 Å². The van der Waals surface area contributed by atoms with Crippen LogP contribution in [-0.4, -0.2) is 43.9 Å². The molecule has 0 saturated heterocycles. The molecule has 0 N–H and O–H groups in total. The van der Waals surface area contributed by atoms with Crippen molar-refractivity contribution in [3.05, 3.63) is 121 Å². The minimum Gasteiger partial charge on any atom is -1.00 e. The van der Waals surface area contributed by atoms with E-state index >= 15 is 0 Å². The SMILES string of the molecule is [Br-].[Ca+2].c1ccc([B-](c2ccccc2)(c2ccccc2)c2ccccc2)cc1. The third kappa shape index (κ3) is 4.25. The van der Waals surface area contributed by atoms with Gasteiger partial charge >= 0.3 is 37.7 Å². The molecule has 0 unspecified atom stereocenters. The van der Waals surface area contributed by atoms with Gasteiger partial charge in [-0.25, -0.2) is 0 Å². The maximum Gasteiger partial charge on any atom is 2.00 e. The first-order valence-electron chi connectivity index (χ1n) is 8.80. The zero-order valence-corrected chi connectivity index (χ0v) is 19.0. The molecule has 0 aliphatic carbocycles. The second-order valence-electron chi connectivity index (χ2n) is 6.51. The van der Waals surface area contributed by atoms with Gasteiger partial charge < -0.3 is 17.0 Å². The summed E-state index contributed by atoms with van der Waals surface area (Å²) in [6.45, 7) is 0. The second-order valence-corrected chi connectivity index (χ2v) is 6.51. The van der Waals surface area contributed by atoms with Crippen LogP contribution in [0.4, 0.5) is 0 Å². The number of hydrogen-bond donors (Lipinski definition) is 0. The number of rotatable bonds is 4. The fourth-order valence-electron chi connectivity index (χ4n) is 4.12. The second kappa shape index (κ2) is 10.3. The largest absolute Gasteiger partial charge is 2.00 e. The first kappa shape index (κ1) is 22.0. The van der Waals surface area contributed by atoms with Gasteiger partial charge in [0.15, 0.2) is 0 Å². The molecule has 0 bridgehead atoms. The molecule has 0 fully saturated rings. The van der Waals surface area contributed by atoms with Crippen LogP contribution in [0.25, 0.3) is 0 Å². The van der Waals surface area contributed by atoms with E-state index in [1.807, 2.05) is 0 Å². The minimum absolute atomic E-state index is 0. The molecule has 0 saturated carbocycles. The molecule has 0 aliphatic rings. The third-order valence-corrected chi connectivity index (χ3v) is 5.20. The molecule has 27 heavy (non-hydrogen) atoms. The number of hydrogen-bond acceptors (Lipinski definition) is 0. The van der Waals surface area contributed by atoms with Crippen molar-refractivity contribution in [3.8, 4) is 0 Å². The normalized spacial score (nSPS) is 10.4. The third-order valence-electron chi connectivity index (χ3n) is 5.20.